The molecular weight excluding hydrogens is 296 g/mol. The molecule has 1 heterocycles. The molecule has 2 aliphatic carbocycles. The van der Waals surface area contributed by atoms with Gasteiger partial charge in [-0.15, -0.1) is 0 Å². The van der Waals surface area contributed by atoms with E-state index >= 15 is 0 Å². The number of hydrogen-bond donors (Lipinski definition) is 2. The molecule has 2 fully saturated rings. The minimum absolute atomic E-state index is 0.195. The van der Waals surface area contributed by atoms with Gasteiger partial charge in [-0.2, -0.15) is 0 Å². The summed E-state index contributed by atoms with van der Waals surface area (Å²) in [6.07, 6.45) is 3.43. The third-order valence-corrected chi connectivity index (χ3v) is 6.97. The fourth-order valence-electron chi connectivity index (χ4n) is 5.29. The van der Waals surface area contributed by atoms with Crippen LogP contribution in [0.3, 0.4) is 0 Å². The van der Waals surface area contributed by atoms with Gasteiger partial charge >= 0.3 is 5.97 Å². The Kier molecular flexibility index (Phi) is 3.94. The number of aliphatic hydroxyl groups excluding tert-OH is 1. The molecule has 5 heteroatoms. The van der Waals surface area contributed by atoms with Gasteiger partial charge in [-0.3, -0.25) is 5.26 Å². The zero-order valence-corrected chi connectivity index (χ0v) is 14.0. The van der Waals surface area contributed by atoms with E-state index in [1.54, 1.807) is 0 Å². The molecule has 3 rings (SSSR count). The highest BCUT2D eigenvalue weighted by molar-refractivity contribution is 5.86. The van der Waals surface area contributed by atoms with Crippen molar-refractivity contribution in [1.29, 1.82) is 0 Å². The largest absolute Gasteiger partial charge is 0.429 e. The normalized spacial score (nSPS) is 47.1. The maximum atomic E-state index is 11.6. The number of esters is 1. The number of carbonyl (C=O) groups excluding carboxylic acids is 1. The Morgan fingerprint density at radius 2 is 2.04 bits per heavy atom. The summed E-state index contributed by atoms with van der Waals surface area (Å²) >= 11 is 0. The molecule has 0 radical (unpaired) electrons. The van der Waals surface area contributed by atoms with Gasteiger partial charge in [-0.25, -0.2) is 9.68 Å². The molecule has 1 unspecified atom stereocenters. The lowest BCUT2D eigenvalue weighted by Gasteiger charge is -2.59. The van der Waals surface area contributed by atoms with E-state index in [0.29, 0.717) is 17.9 Å². The van der Waals surface area contributed by atoms with Crippen molar-refractivity contribution in [1.82, 2.24) is 0 Å². The van der Waals surface area contributed by atoms with Crippen LogP contribution in [0.5, 0.6) is 0 Å². The molecule has 0 aromatic heterocycles. The Balaban J connectivity index is 2.05. The Hall–Kier alpha value is -1.17. The number of fused-ring (bicyclic) bond motifs is 1. The topological polar surface area (TPSA) is 76.0 Å². The molecule has 2 saturated carbocycles. The predicted octanol–water partition coefficient (Wildman–Crippen LogP) is 3.05. The third-order valence-electron chi connectivity index (χ3n) is 6.97. The second kappa shape index (κ2) is 5.43. The van der Waals surface area contributed by atoms with E-state index < -0.39 is 12.3 Å². The zero-order chi connectivity index (χ0) is 17.0. The monoisotopic (exact) mass is 322 g/mol. The molecule has 5 nitrogen and oxygen atoms in total. The lowest BCUT2D eigenvalue weighted by atomic mass is 9.45. The number of aliphatic hydroxyl groups is 1. The van der Waals surface area contributed by atoms with E-state index in [4.69, 9.17) is 9.99 Å². The van der Waals surface area contributed by atoms with Gasteiger partial charge in [0.2, 0.25) is 6.29 Å². The number of hydrogen-bond acceptors (Lipinski definition) is 5. The van der Waals surface area contributed by atoms with E-state index in [-0.39, 0.29) is 22.9 Å². The third kappa shape index (κ3) is 2.21. The van der Waals surface area contributed by atoms with Crippen LogP contribution >= 0.6 is 0 Å². The second-order valence-corrected chi connectivity index (χ2v) is 7.78. The average Bonchev–Trinajstić information content (AvgIpc) is 2.85. The number of cyclic esters (lactones) is 1. The summed E-state index contributed by atoms with van der Waals surface area (Å²) in [6.45, 7) is 10.7. The maximum absolute atomic E-state index is 11.6. The van der Waals surface area contributed by atoms with E-state index in [2.05, 4.69) is 32.2 Å². The second-order valence-electron chi connectivity index (χ2n) is 7.78. The number of rotatable bonds is 2. The van der Waals surface area contributed by atoms with Gasteiger partial charge in [0.15, 0.2) is 0 Å². The van der Waals surface area contributed by atoms with Gasteiger partial charge in [0.05, 0.1) is 0 Å². The Labute approximate surface area is 136 Å². The lowest BCUT2D eigenvalue weighted by Crippen LogP contribution is -2.54. The van der Waals surface area contributed by atoms with E-state index in [0.717, 1.165) is 24.8 Å². The van der Waals surface area contributed by atoms with Crippen LogP contribution in [0.2, 0.25) is 0 Å². The SMILES string of the molecule is C=C1[C@@H](OO)CCC2[C@@]1(C)CC[C@@H](C)[C@]2(C)C1=CC(=O)O[C@H]1O. The standard InChI is InChI=1S/C18H26O5/c1-10-7-8-17(3)11(2)13(23-21)5-6-14(17)18(10,4)12-9-15(19)22-16(12)20/h9-10,13-14,16,20-21H,2,5-8H2,1,3-4H3/t10-,13+,14?,16-,17+,18-/m1/s1. The fraction of sp³-hybridized carbons (Fsp3) is 0.722. The van der Waals surface area contributed by atoms with Crippen LogP contribution in [0.1, 0.15) is 46.5 Å². The minimum Gasteiger partial charge on any atom is -0.429 e. The van der Waals surface area contributed by atoms with Crippen molar-refractivity contribution in [2.45, 2.75) is 58.8 Å². The van der Waals surface area contributed by atoms with Gasteiger partial charge in [0.1, 0.15) is 6.10 Å². The van der Waals surface area contributed by atoms with Crippen LogP contribution in [0.15, 0.2) is 23.8 Å². The molecule has 6 atom stereocenters. The molecule has 0 spiro atoms. The summed E-state index contributed by atoms with van der Waals surface area (Å²) in [6, 6.07) is 0. The van der Waals surface area contributed by atoms with E-state index in [1.807, 2.05) is 0 Å². The van der Waals surface area contributed by atoms with Crippen molar-refractivity contribution in [2.24, 2.45) is 22.7 Å². The molecule has 0 amide bonds. The maximum Gasteiger partial charge on any atom is 0.333 e. The van der Waals surface area contributed by atoms with Gasteiger partial charge < -0.3 is 9.84 Å². The summed E-state index contributed by atoms with van der Waals surface area (Å²) in [5.41, 5.74) is 1.05. The molecule has 2 N–H and O–H groups in total. The summed E-state index contributed by atoms with van der Waals surface area (Å²) in [4.78, 5) is 16.3. The molecule has 23 heavy (non-hydrogen) atoms. The van der Waals surface area contributed by atoms with Gasteiger partial charge in [-0.1, -0.05) is 27.4 Å². The highest BCUT2D eigenvalue weighted by Gasteiger charge is 2.59. The van der Waals surface area contributed by atoms with Crippen molar-refractivity contribution in [2.75, 3.05) is 0 Å². The van der Waals surface area contributed by atoms with Crippen molar-refractivity contribution in [3.05, 3.63) is 23.8 Å². The summed E-state index contributed by atoms with van der Waals surface area (Å²) < 4.78 is 4.96. The van der Waals surface area contributed by atoms with Gasteiger partial charge in [-0.05, 0) is 48.5 Å². The molecule has 0 bridgehead atoms. The first-order valence-corrected chi connectivity index (χ1v) is 8.35. The predicted molar refractivity (Wildman–Crippen MR) is 84.2 cm³/mol. The van der Waals surface area contributed by atoms with Crippen LogP contribution in [0, 0.1) is 22.7 Å². The molecule has 3 aliphatic rings. The van der Waals surface area contributed by atoms with E-state index in [1.165, 1.54) is 6.08 Å². The molecular formula is C18H26O5. The van der Waals surface area contributed by atoms with Crippen molar-refractivity contribution < 1.29 is 24.8 Å². The first kappa shape index (κ1) is 16.7. The molecule has 0 saturated heterocycles. The smallest absolute Gasteiger partial charge is 0.333 e. The summed E-state index contributed by atoms with van der Waals surface area (Å²) in [5, 5.41) is 19.4. The Morgan fingerprint density at radius 3 is 2.61 bits per heavy atom. The summed E-state index contributed by atoms with van der Waals surface area (Å²) in [5.74, 6) is 0.0582. The Bertz CT molecular complexity index is 568. The highest BCUT2D eigenvalue weighted by Crippen LogP contribution is 2.64. The first-order chi connectivity index (χ1) is 10.7. The van der Waals surface area contributed by atoms with Crippen LogP contribution < -0.4 is 0 Å². The highest BCUT2D eigenvalue weighted by atomic mass is 17.1. The minimum atomic E-state index is -1.16. The van der Waals surface area contributed by atoms with Crippen molar-refractivity contribution >= 4 is 5.97 Å². The number of ether oxygens (including phenoxy) is 1. The average molecular weight is 322 g/mol. The molecule has 128 valence electrons. The zero-order valence-electron chi connectivity index (χ0n) is 14.0. The Morgan fingerprint density at radius 1 is 1.35 bits per heavy atom. The van der Waals surface area contributed by atoms with E-state index in [9.17, 15) is 9.90 Å². The number of carbonyl (C=O) groups is 1. The lowest BCUT2D eigenvalue weighted by molar-refractivity contribution is -0.280. The van der Waals surface area contributed by atoms with Crippen LogP contribution in [-0.4, -0.2) is 28.7 Å². The fourth-order valence-corrected chi connectivity index (χ4v) is 5.29. The van der Waals surface area contributed by atoms with Crippen molar-refractivity contribution in [3.8, 4) is 0 Å². The summed E-state index contributed by atoms with van der Waals surface area (Å²) in [7, 11) is 0. The van der Waals surface area contributed by atoms with Crippen LogP contribution in [0.4, 0.5) is 0 Å². The van der Waals surface area contributed by atoms with Gasteiger partial charge in [0, 0.05) is 17.1 Å². The van der Waals surface area contributed by atoms with Crippen LogP contribution in [0.25, 0.3) is 0 Å². The van der Waals surface area contributed by atoms with Crippen LogP contribution in [-0.2, 0) is 14.4 Å². The quantitative estimate of drug-likeness (QED) is 0.354. The molecule has 0 aromatic rings. The van der Waals surface area contributed by atoms with Crippen molar-refractivity contribution in [3.63, 3.8) is 0 Å². The first-order valence-electron chi connectivity index (χ1n) is 8.35. The molecule has 0 aromatic carbocycles. The van der Waals surface area contributed by atoms with Gasteiger partial charge in [0.25, 0.3) is 0 Å². The molecule has 1 aliphatic heterocycles.